The Morgan fingerprint density at radius 2 is 1.50 bits per heavy atom. The molecule has 0 bridgehead atoms. The van der Waals surface area contributed by atoms with E-state index in [0.29, 0.717) is 0 Å². The van der Waals surface area contributed by atoms with Crippen molar-refractivity contribution in [2.75, 3.05) is 0 Å². The molecule has 0 aromatic heterocycles. The third-order valence-corrected chi connectivity index (χ3v) is 0. The largest absolute Gasteiger partial charge is 2.00 e. The Balaban J connectivity index is 0. The molecule has 1 radical (unpaired) electrons. The van der Waals surface area contributed by atoms with E-state index < -0.39 is 13.8 Å². The first-order chi connectivity index (χ1) is 2.00. The Bertz CT molecular complexity index is 57.7. The standard InChI is InChI=1S/C2H7AsO2.Cu/c1-3(2,4)5;/h1-2H3,(H,4,5);/q;+2. The van der Waals surface area contributed by atoms with Crippen LogP contribution in [0.15, 0.2) is 0 Å². The summed E-state index contributed by atoms with van der Waals surface area (Å²) in [4.78, 5) is 0. The molecular formula is C2H7AsCuO2+2. The molecule has 0 rings (SSSR count). The molecule has 0 fully saturated rings. The average molecular weight is 202 g/mol. The van der Waals surface area contributed by atoms with Gasteiger partial charge in [-0.05, 0) is 0 Å². The predicted molar refractivity (Wildman–Crippen MR) is 20.4 cm³/mol. The van der Waals surface area contributed by atoms with Gasteiger partial charge < -0.3 is 0 Å². The van der Waals surface area contributed by atoms with Crippen molar-refractivity contribution in [1.82, 2.24) is 0 Å². The van der Waals surface area contributed by atoms with Crippen LogP contribution in [0.4, 0.5) is 0 Å². The fourth-order valence-electron chi connectivity index (χ4n) is 0. The van der Waals surface area contributed by atoms with Crippen LogP contribution in [0, 0.1) is 0 Å². The van der Waals surface area contributed by atoms with E-state index in [4.69, 9.17) is 4.10 Å². The molecule has 0 aliphatic rings. The van der Waals surface area contributed by atoms with E-state index in [0.717, 1.165) is 0 Å². The predicted octanol–water partition coefficient (Wildman–Crippen LogP) is 0.108. The van der Waals surface area contributed by atoms with Crippen LogP contribution in [-0.4, -0.2) is 17.9 Å². The average Bonchev–Trinajstić information content (AvgIpc) is 0.722. The van der Waals surface area contributed by atoms with Crippen molar-refractivity contribution < 1.29 is 24.9 Å². The third-order valence-electron chi connectivity index (χ3n) is 0. The quantitative estimate of drug-likeness (QED) is 0.565. The first-order valence-corrected chi connectivity index (χ1v) is 6.64. The minimum Gasteiger partial charge on any atom is 2.00 e. The summed E-state index contributed by atoms with van der Waals surface area (Å²) >= 11 is -3.12. The molecule has 0 saturated carbocycles. The Hall–Kier alpha value is 0.838. The van der Waals surface area contributed by atoms with Gasteiger partial charge in [0.05, 0.1) is 0 Å². The van der Waals surface area contributed by atoms with Crippen molar-refractivity contribution in [3.8, 4) is 0 Å². The molecule has 41 valence electrons. The maximum atomic E-state index is 9.83. The Morgan fingerprint density at radius 3 is 1.50 bits per heavy atom. The minimum atomic E-state index is -3.12. The summed E-state index contributed by atoms with van der Waals surface area (Å²) in [5.41, 5.74) is 2.72. The molecule has 0 heterocycles. The monoisotopic (exact) mass is 201 g/mol. The Kier molecular flexibility index (Phi) is 4.85. The van der Waals surface area contributed by atoms with E-state index in [-0.39, 0.29) is 17.1 Å². The second-order valence-corrected chi connectivity index (χ2v) is 6.72. The number of hydrogen-bond donors (Lipinski definition) is 1. The summed E-state index contributed by atoms with van der Waals surface area (Å²) in [6, 6.07) is 0. The molecule has 0 saturated heterocycles. The molecule has 0 aromatic carbocycles. The molecule has 0 spiro atoms. The van der Waals surface area contributed by atoms with Gasteiger partial charge in [0.15, 0.2) is 0 Å². The zero-order valence-electron chi connectivity index (χ0n) is 3.60. The molecule has 0 aliphatic heterocycles. The summed E-state index contributed by atoms with van der Waals surface area (Å²) in [6.45, 7) is 0. The zero-order valence-corrected chi connectivity index (χ0v) is 6.42. The van der Waals surface area contributed by atoms with Crippen molar-refractivity contribution in [2.24, 2.45) is 0 Å². The van der Waals surface area contributed by atoms with Gasteiger partial charge in [-0.15, -0.1) is 0 Å². The molecule has 0 amide bonds. The van der Waals surface area contributed by atoms with Crippen LogP contribution in [0.3, 0.4) is 0 Å². The molecule has 0 unspecified atom stereocenters. The molecular weight excluding hydrogens is 194 g/mol. The van der Waals surface area contributed by atoms with Crippen molar-refractivity contribution >= 4 is 13.8 Å². The van der Waals surface area contributed by atoms with Crippen LogP contribution in [0.25, 0.3) is 0 Å². The smallest absolute Gasteiger partial charge is 2.00 e. The second-order valence-electron chi connectivity index (χ2n) is 1.29. The Morgan fingerprint density at radius 1 is 1.50 bits per heavy atom. The van der Waals surface area contributed by atoms with Crippen LogP contribution in [-0.2, 0) is 20.8 Å². The van der Waals surface area contributed by atoms with Gasteiger partial charge in [0, 0.05) is 0 Å². The van der Waals surface area contributed by atoms with E-state index >= 15 is 0 Å². The van der Waals surface area contributed by atoms with Crippen LogP contribution in [0.5, 0.6) is 0 Å². The van der Waals surface area contributed by atoms with Gasteiger partial charge in [0.1, 0.15) is 0 Å². The summed E-state index contributed by atoms with van der Waals surface area (Å²) < 4.78 is 18.0. The van der Waals surface area contributed by atoms with Gasteiger partial charge in [-0.3, -0.25) is 0 Å². The van der Waals surface area contributed by atoms with E-state index in [9.17, 15) is 3.74 Å². The van der Waals surface area contributed by atoms with Crippen LogP contribution < -0.4 is 0 Å². The normalized spacial score (nSPS) is 9.83. The molecule has 2 nitrogen and oxygen atoms in total. The van der Waals surface area contributed by atoms with Gasteiger partial charge in [-0.25, -0.2) is 0 Å². The maximum Gasteiger partial charge on any atom is 2.00 e. The van der Waals surface area contributed by atoms with Crippen LogP contribution >= 0.6 is 0 Å². The minimum absolute atomic E-state index is 0. The van der Waals surface area contributed by atoms with E-state index in [1.807, 2.05) is 0 Å². The molecule has 6 heavy (non-hydrogen) atoms. The van der Waals surface area contributed by atoms with Gasteiger partial charge in [-0.2, -0.15) is 0 Å². The van der Waals surface area contributed by atoms with E-state index in [1.165, 1.54) is 11.4 Å². The van der Waals surface area contributed by atoms with Crippen LogP contribution in [0.1, 0.15) is 0 Å². The van der Waals surface area contributed by atoms with Gasteiger partial charge >= 0.3 is 50.2 Å². The number of hydrogen-bond acceptors (Lipinski definition) is 1. The molecule has 1 N–H and O–H groups in total. The topological polar surface area (TPSA) is 37.3 Å². The second kappa shape index (κ2) is 2.92. The van der Waals surface area contributed by atoms with Crippen molar-refractivity contribution in [1.29, 1.82) is 0 Å². The summed E-state index contributed by atoms with van der Waals surface area (Å²) in [5.74, 6) is 0. The van der Waals surface area contributed by atoms with E-state index in [1.54, 1.807) is 0 Å². The molecule has 0 atom stereocenters. The summed E-state index contributed by atoms with van der Waals surface area (Å²) in [5, 5.41) is 0. The maximum absolute atomic E-state index is 9.83. The van der Waals surface area contributed by atoms with Crippen molar-refractivity contribution in [3.63, 3.8) is 0 Å². The fraction of sp³-hybridized carbons (Fsp3) is 1.00. The zero-order chi connectivity index (χ0) is 4.50. The first-order valence-electron chi connectivity index (χ1n) is 1.28. The summed E-state index contributed by atoms with van der Waals surface area (Å²) in [6.07, 6.45) is 0. The third kappa shape index (κ3) is 101. The van der Waals surface area contributed by atoms with Crippen LogP contribution in [0.2, 0.25) is 11.4 Å². The number of rotatable bonds is 0. The van der Waals surface area contributed by atoms with E-state index in [2.05, 4.69) is 0 Å². The van der Waals surface area contributed by atoms with Crippen molar-refractivity contribution in [3.05, 3.63) is 0 Å². The fourth-order valence-corrected chi connectivity index (χ4v) is 0. The van der Waals surface area contributed by atoms with Gasteiger partial charge in [0.25, 0.3) is 0 Å². The molecule has 4 heteroatoms. The SMILES string of the molecule is C[As](C)(=O)O.[Cu+2]. The first kappa shape index (κ1) is 9.96. The van der Waals surface area contributed by atoms with Gasteiger partial charge in [0.2, 0.25) is 0 Å². The molecule has 0 aliphatic carbocycles. The molecule has 0 aromatic rings. The van der Waals surface area contributed by atoms with Crippen molar-refractivity contribution in [2.45, 2.75) is 11.4 Å². The van der Waals surface area contributed by atoms with Gasteiger partial charge in [-0.1, -0.05) is 0 Å². The summed E-state index contributed by atoms with van der Waals surface area (Å²) in [7, 11) is 0. The Labute approximate surface area is 50.4 Å².